The molecule has 0 aromatic rings. The molecule has 0 radical (unpaired) electrons. The minimum atomic E-state index is -0.216. The molecule has 0 aromatic heterocycles. The second kappa shape index (κ2) is 11.9. The molecule has 0 aromatic carbocycles. The van der Waals surface area contributed by atoms with E-state index in [9.17, 15) is 24.0 Å². The summed E-state index contributed by atoms with van der Waals surface area (Å²) >= 11 is 0. The Labute approximate surface area is 156 Å². The van der Waals surface area contributed by atoms with Crippen LogP contribution in [0.15, 0.2) is 0 Å². The van der Waals surface area contributed by atoms with Gasteiger partial charge < -0.3 is 4.79 Å². The molecule has 146 valence electrons. The summed E-state index contributed by atoms with van der Waals surface area (Å²) in [5.74, 6) is 0.275. The zero-order chi connectivity index (χ0) is 19.5. The van der Waals surface area contributed by atoms with E-state index in [-0.39, 0.29) is 66.4 Å². The van der Waals surface area contributed by atoms with Gasteiger partial charge in [0.15, 0.2) is 0 Å². The third-order valence-corrected chi connectivity index (χ3v) is 5.15. The molecule has 2 atom stereocenters. The smallest absolute Gasteiger partial charge is 0.136 e. The third-order valence-electron chi connectivity index (χ3n) is 5.15. The molecular formula is C21H32O5. The first-order valence-corrected chi connectivity index (χ1v) is 9.85. The van der Waals surface area contributed by atoms with Crippen molar-refractivity contribution in [3.63, 3.8) is 0 Å². The predicted molar refractivity (Wildman–Crippen MR) is 98.8 cm³/mol. The minimum Gasteiger partial charge on any atom is -0.300 e. The highest BCUT2D eigenvalue weighted by molar-refractivity contribution is 5.89. The quantitative estimate of drug-likeness (QED) is 0.621. The van der Waals surface area contributed by atoms with E-state index in [1.54, 1.807) is 0 Å². The van der Waals surface area contributed by atoms with Gasteiger partial charge in [-0.05, 0) is 38.5 Å². The average Bonchev–Trinajstić information content (AvgIpc) is 2.58. The normalized spacial score (nSPS) is 20.5. The van der Waals surface area contributed by atoms with Crippen molar-refractivity contribution < 1.29 is 24.0 Å². The van der Waals surface area contributed by atoms with Gasteiger partial charge in [0.1, 0.15) is 28.9 Å². The van der Waals surface area contributed by atoms with Crippen molar-refractivity contribution in [1.82, 2.24) is 0 Å². The van der Waals surface area contributed by atoms with E-state index in [1.165, 1.54) is 6.92 Å². The largest absolute Gasteiger partial charge is 0.300 e. The average molecular weight is 364 g/mol. The fraction of sp³-hybridized carbons (Fsp3) is 0.762. The van der Waals surface area contributed by atoms with Gasteiger partial charge in [-0.1, -0.05) is 6.92 Å². The lowest BCUT2D eigenvalue weighted by molar-refractivity contribution is -0.127. The van der Waals surface area contributed by atoms with Crippen LogP contribution >= 0.6 is 0 Å². The lowest BCUT2D eigenvalue weighted by atomic mass is 9.83. The van der Waals surface area contributed by atoms with Gasteiger partial charge in [0.05, 0.1) is 0 Å². The van der Waals surface area contributed by atoms with Gasteiger partial charge in [0.2, 0.25) is 0 Å². The summed E-state index contributed by atoms with van der Waals surface area (Å²) in [6.45, 7) is 3.29. The molecule has 0 N–H and O–H groups in total. The van der Waals surface area contributed by atoms with Crippen LogP contribution in [0.3, 0.4) is 0 Å². The monoisotopic (exact) mass is 364 g/mol. The molecule has 0 heterocycles. The Bertz CT molecular complexity index is 535. The zero-order valence-electron chi connectivity index (χ0n) is 16.2. The number of Topliss-reactive ketones (excluding diaryl/α,β-unsaturated/α-hetero) is 5. The summed E-state index contributed by atoms with van der Waals surface area (Å²) in [4.78, 5) is 58.8. The highest BCUT2D eigenvalue weighted by Gasteiger charge is 2.23. The van der Waals surface area contributed by atoms with Crippen molar-refractivity contribution in [3.8, 4) is 0 Å². The summed E-state index contributed by atoms with van der Waals surface area (Å²) < 4.78 is 0. The fourth-order valence-electron chi connectivity index (χ4n) is 3.44. The van der Waals surface area contributed by atoms with Crippen LogP contribution < -0.4 is 0 Å². The first-order chi connectivity index (χ1) is 12.3. The molecule has 1 rings (SSSR count). The maximum Gasteiger partial charge on any atom is 0.136 e. The molecule has 5 heteroatoms. The van der Waals surface area contributed by atoms with E-state index in [2.05, 4.69) is 0 Å². The molecule has 2 unspecified atom stereocenters. The first-order valence-electron chi connectivity index (χ1n) is 9.85. The number of hydrogen-bond donors (Lipinski definition) is 0. The second-order valence-corrected chi connectivity index (χ2v) is 7.74. The number of carbonyl (C=O) groups is 5. The van der Waals surface area contributed by atoms with Crippen LogP contribution in [0.4, 0.5) is 0 Å². The van der Waals surface area contributed by atoms with E-state index in [1.807, 2.05) is 6.92 Å². The van der Waals surface area contributed by atoms with E-state index < -0.39 is 0 Å². The molecule has 0 bridgehead atoms. The summed E-state index contributed by atoms with van der Waals surface area (Å²) in [7, 11) is 0. The van der Waals surface area contributed by atoms with Crippen molar-refractivity contribution in [2.24, 2.45) is 11.8 Å². The molecule has 1 aliphatic carbocycles. The van der Waals surface area contributed by atoms with E-state index in [4.69, 9.17) is 0 Å². The van der Waals surface area contributed by atoms with Crippen LogP contribution in [0.1, 0.15) is 90.9 Å². The van der Waals surface area contributed by atoms with Crippen molar-refractivity contribution in [2.45, 2.75) is 90.9 Å². The highest BCUT2D eigenvalue weighted by Crippen LogP contribution is 2.25. The van der Waals surface area contributed by atoms with Gasteiger partial charge in [-0.15, -0.1) is 0 Å². The van der Waals surface area contributed by atoms with Gasteiger partial charge in [0, 0.05) is 57.3 Å². The van der Waals surface area contributed by atoms with Crippen LogP contribution in [0.2, 0.25) is 0 Å². The van der Waals surface area contributed by atoms with Gasteiger partial charge in [-0.25, -0.2) is 0 Å². The van der Waals surface area contributed by atoms with Crippen molar-refractivity contribution in [2.75, 3.05) is 0 Å². The summed E-state index contributed by atoms with van der Waals surface area (Å²) in [6.07, 6.45) is 5.65. The maximum atomic E-state index is 12.3. The van der Waals surface area contributed by atoms with Crippen LogP contribution in [-0.4, -0.2) is 28.9 Å². The second-order valence-electron chi connectivity index (χ2n) is 7.74. The third kappa shape index (κ3) is 9.73. The Hall–Kier alpha value is -1.65. The number of rotatable bonds is 9. The predicted octanol–water partition coefficient (Wildman–Crippen LogP) is 3.80. The van der Waals surface area contributed by atoms with Gasteiger partial charge >= 0.3 is 0 Å². The lowest BCUT2D eigenvalue weighted by Crippen LogP contribution is -2.20. The van der Waals surface area contributed by atoms with E-state index in [0.717, 1.165) is 12.8 Å². The van der Waals surface area contributed by atoms with Crippen LogP contribution in [-0.2, 0) is 24.0 Å². The minimum absolute atomic E-state index is 0.0201. The molecule has 26 heavy (non-hydrogen) atoms. The fourth-order valence-corrected chi connectivity index (χ4v) is 3.44. The molecule has 0 amide bonds. The Kier molecular flexibility index (Phi) is 10.2. The van der Waals surface area contributed by atoms with Crippen LogP contribution in [0, 0.1) is 11.8 Å². The highest BCUT2D eigenvalue weighted by atomic mass is 16.1. The molecule has 1 aliphatic rings. The Balaban J connectivity index is 2.45. The maximum absolute atomic E-state index is 12.3. The van der Waals surface area contributed by atoms with Gasteiger partial charge in [-0.2, -0.15) is 0 Å². The summed E-state index contributed by atoms with van der Waals surface area (Å²) in [6, 6.07) is 0. The van der Waals surface area contributed by atoms with Crippen LogP contribution in [0.5, 0.6) is 0 Å². The lowest BCUT2D eigenvalue weighted by Gasteiger charge is -2.20. The molecule has 1 saturated carbocycles. The number of carbonyl (C=O) groups excluding carboxylic acids is 5. The molecule has 5 nitrogen and oxygen atoms in total. The van der Waals surface area contributed by atoms with Crippen molar-refractivity contribution >= 4 is 28.9 Å². The van der Waals surface area contributed by atoms with E-state index in [0.29, 0.717) is 38.5 Å². The van der Waals surface area contributed by atoms with Gasteiger partial charge in [-0.3, -0.25) is 19.2 Å². The van der Waals surface area contributed by atoms with Crippen molar-refractivity contribution in [3.05, 3.63) is 0 Å². The van der Waals surface area contributed by atoms with Crippen molar-refractivity contribution in [1.29, 1.82) is 0 Å². The molecular weight excluding hydrogens is 332 g/mol. The number of hydrogen-bond acceptors (Lipinski definition) is 5. The zero-order valence-corrected chi connectivity index (χ0v) is 16.2. The molecule has 0 aliphatic heterocycles. The van der Waals surface area contributed by atoms with E-state index >= 15 is 0 Å². The molecule has 0 saturated heterocycles. The SMILES string of the molecule is CC(=O)CCC(=O)CCC(=O)C(C)CC1CCC(=O)CCCCC(=O)C1. The van der Waals surface area contributed by atoms with Gasteiger partial charge in [0.25, 0.3) is 0 Å². The van der Waals surface area contributed by atoms with Crippen LogP contribution in [0.25, 0.3) is 0 Å². The Morgan fingerprint density at radius 2 is 1.54 bits per heavy atom. The first kappa shape index (κ1) is 22.4. The summed E-state index contributed by atoms with van der Waals surface area (Å²) in [5, 5.41) is 0. The summed E-state index contributed by atoms with van der Waals surface area (Å²) in [5.41, 5.74) is 0. The standard InChI is InChI=1S/C21H32O5/c1-15(21(26)12-11-19(24)9-7-16(2)22)13-17-8-10-18(23)5-3-4-6-20(25)14-17/h15,17H,3-14H2,1-2H3. The Morgan fingerprint density at radius 3 is 2.19 bits per heavy atom. The Morgan fingerprint density at radius 1 is 0.923 bits per heavy atom. The number of ketones is 5. The molecule has 1 fully saturated rings. The molecule has 0 spiro atoms. The topological polar surface area (TPSA) is 85.3 Å².